The summed E-state index contributed by atoms with van der Waals surface area (Å²) in [4.78, 5) is 12.4. The summed E-state index contributed by atoms with van der Waals surface area (Å²) >= 11 is 0. The van der Waals surface area contributed by atoms with E-state index in [1.807, 2.05) is 11.6 Å². The van der Waals surface area contributed by atoms with Gasteiger partial charge in [0.1, 0.15) is 0 Å². The summed E-state index contributed by atoms with van der Waals surface area (Å²) in [6.07, 6.45) is 3.82. The van der Waals surface area contributed by atoms with Crippen LogP contribution in [0.25, 0.3) is 0 Å². The first-order valence-corrected chi connectivity index (χ1v) is 7.40. The van der Waals surface area contributed by atoms with Crippen molar-refractivity contribution in [2.75, 3.05) is 6.54 Å². The lowest BCUT2D eigenvalue weighted by atomic mass is 9.99. The van der Waals surface area contributed by atoms with Crippen molar-refractivity contribution in [2.45, 2.75) is 65.1 Å². The van der Waals surface area contributed by atoms with Gasteiger partial charge in [-0.3, -0.25) is 9.48 Å². The Morgan fingerprint density at radius 1 is 1.50 bits per heavy atom. The molecule has 1 aromatic rings. The van der Waals surface area contributed by atoms with E-state index < -0.39 is 0 Å². The van der Waals surface area contributed by atoms with Crippen molar-refractivity contribution in [1.82, 2.24) is 20.4 Å². The lowest BCUT2D eigenvalue weighted by Gasteiger charge is -2.30. The molecule has 0 bridgehead atoms. The molecule has 1 amide bonds. The van der Waals surface area contributed by atoms with Crippen molar-refractivity contribution in [1.29, 1.82) is 0 Å². The summed E-state index contributed by atoms with van der Waals surface area (Å²) in [6, 6.07) is 0.527. The number of hydrogen-bond acceptors (Lipinski definition) is 3. The summed E-state index contributed by atoms with van der Waals surface area (Å²) in [6.45, 7) is 11.4. The second-order valence-electron chi connectivity index (χ2n) is 6.69. The molecule has 2 rings (SSSR count). The Hall–Kier alpha value is -1.36. The predicted molar refractivity (Wildman–Crippen MR) is 79.9 cm³/mol. The fourth-order valence-electron chi connectivity index (χ4n) is 2.80. The Morgan fingerprint density at radius 2 is 2.20 bits per heavy atom. The molecule has 1 aliphatic rings. The zero-order valence-corrected chi connectivity index (χ0v) is 13.2. The lowest BCUT2D eigenvalue weighted by molar-refractivity contribution is 0.0919. The van der Waals surface area contributed by atoms with Gasteiger partial charge in [0.2, 0.25) is 0 Å². The maximum atomic E-state index is 12.4. The van der Waals surface area contributed by atoms with Crippen LogP contribution in [-0.4, -0.2) is 34.3 Å². The summed E-state index contributed by atoms with van der Waals surface area (Å²) < 4.78 is 1.91. The second kappa shape index (κ2) is 5.56. The van der Waals surface area contributed by atoms with E-state index in [1.54, 1.807) is 6.20 Å². The molecule has 0 aromatic carbocycles. The molecule has 1 fully saturated rings. The van der Waals surface area contributed by atoms with Gasteiger partial charge in [-0.15, -0.1) is 0 Å². The fourth-order valence-corrected chi connectivity index (χ4v) is 2.80. The van der Waals surface area contributed by atoms with E-state index >= 15 is 0 Å². The largest absolute Gasteiger partial charge is 0.348 e. The van der Waals surface area contributed by atoms with Crippen molar-refractivity contribution in [3.8, 4) is 0 Å². The molecule has 0 aliphatic carbocycles. The summed E-state index contributed by atoms with van der Waals surface area (Å²) in [5.74, 6) is -0.0152. The lowest BCUT2D eigenvalue weighted by Crippen LogP contribution is -2.52. The molecule has 1 saturated heterocycles. The average molecular weight is 278 g/mol. The van der Waals surface area contributed by atoms with Gasteiger partial charge in [0.15, 0.2) is 0 Å². The van der Waals surface area contributed by atoms with Gasteiger partial charge in [0, 0.05) is 17.8 Å². The van der Waals surface area contributed by atoms with Crippen LogP contribution in [0.4, 0.5) is 0 Å². The van der Waals surface area contributed by atoms with E-state index in [0.717, 1.165) is 25.1 Å². The standard InChI is InChI=1S/C15H26N4O/c1-10-13(7-6-8-16-10)18-14(20)12-9-17-19(11(12)2)15(3,4)5/h9-10,13,16H,6-8H2,1-5H3,(H,18,20). The predicted octanol–water partition coefficient (Wildman–Crippen LogP) is 1.82. The number of amides is 1. The number of hydrogen-bond donors (Lipinski definition) is 2. The van der Waals surface area contributed by atoms with Crippen LogP contribution in [0, 0.1) is 6.92 Å². The van der Waals surface area contributed by atoms with Gasteiger partial charge in [-0.25, -0.2) is 0 Å². The van der Waals surface area contributed by atoms with Crippen molar-refractivity contribution in [3.63, 3.8) is 0 Å². The molecule has 0 radical (unpaired) electrons. The van der Waals surface area contributed by atoms with E-state index in [4.69, 9.17) is 0 Å². The van der Waals surface area contributed by atoms with Crippen LogP contribution in [0.1, 0.15) is 56.6 Å². The molecule has 0 spiro atoms. The first kappa shape index (κ1) is 15.0. The molecule has 0 saturated carbocycles. The summed E-state index contributed by atoms with van der Waals surface area (Å²) in [5.41, 5.74) is 1.49. The molecule has 5 heteroatoms. The number of carbonyl (C=O) groups is 1. The number of rotatable bonds is 2. The van der Waals surface area contributed by atoms with Crippen LogP contribution >= 0.6 is 0 Å². The third kappa shape index (κ3) is 3.03. The van der Waals surface area contributed by atoms with Crippen molar-refractivity contribution in [3.05, 3.63) is 17.5 Å². The number of aromatic nitrogens is 2. The average Bonchev–Trinajstić information content (AvgIpc) is 2.74. The highest BCUT2D eigenvalue weighted by molar-refractivity contribution is 5.95. The van der Waals surface area contributed by atoms with Crippen LogP contribution in [0.15, 0.2) is 6.20 Å². The minimum Gasteiger partial charge on any atom is -0.348 e. The molecule has 2 heterocycles. The Balaban J connectivity index is 2.12. The number of nitrogens with zero attached hydrogens (tertiary/aromatic N) is 2. The Kier molecular flexibility index (Phi) is 4.18. The van der Waals surface area contributed by atoms with E-state index in [9.17, 15) is 4.79 Å². The summed E-state index contributed by atoms with van der Waals surface area (Å²) in [5, 5.41) is 10.9. The zero-order chi connectivity index (χ0) is 14.9. The minimum atomic E-state index is -0.109. The fraction of sp³-hybridized carbons (Fsp3) is 0.733. The van der Waals surface area contributed by atoms with Gasteiger partial charge in [-0.2, -0.15) is 5.10 Å². The SMILES string of the molecule is Cc1c(C(=O)NC2CCCNC2C)cnn1C(C)(C)C. The first-order valence-electron chi connectivity index (χ1n) is 7.40. The highest BCUT2D eigenvalue weighted by atomic mass is 16.1. The van der Waals surface area contributed by atoms with Gasteiger partial charge in [0.25, 0.3) is 5.91 Å². The first-order chi connectivity index (χ1) is 9.30. The van der Waals surface area contributed by atoms with Crippen LogP contribution < -0.4 is 10.6 Å². The molecular formula is C15H26N4O. The van der Waals surface area contributed by atoms with Crippen LogP contribution in [-0.2, 0) is 5.54 Å². The molecule has 1 aromatic heterocycles. The highest BCUT2D eigenvalue weighted by Gasteiger charge is 2.26. The van der Waals surface area contributed by atoms with Crippen molar-refractivity contribution in [2.24, 2.45) is 0 Å². The zero-order valence-electron chi connectivity index (χ0n) is 13.2. The van der Waals surface area contributed by atoms with Crippen LogP contribution in [0.2, 0.25) is 0 Å². The van der Waals surface area contributed by atoms with E-state index in [-0.39, 0.29) is 17.5 Å². The van der Waals surface area contributed by atoms with Crippen molar-refractivity contribution >= 4 is 5.91 Å². The molecule has 1 aliphatic heterocycles. The number of carbonyl (C=O) groups excluding carboxylic acids is 1. The van der Waals surface area contributed by atoms with Gasteiger partial charge >= 0.3 is 0 Å². The Bertz CT molecular complexity index is 487. The smallest absolute Gasteiger partial charge is 0.255 e. The molecule has 2 N–H and O–H groups in total. The Labute approximate surface area is 121 Å². The molecule has 20 heavy (non-hydrogen) atoms. The second-order valence-corrected chi connectivity index (χ2v) is 6.69. The van der Waals surface area contributed by atoms with Crippen LogP contribution in [0.3, 0.4) is 0 Å². The molecule has 112 valence electrons. The molecule has 5 nitrogen and oxygen atoms in total. The Morgan fingerprint density at radius 3 is 2.75 bits per heavy atom. The third-order valence-corrected chi connectivity index (χ3v) is 3.97. The molecule has 2 unspecified atom stereocenters. The van der Waals surface area contributed by atoms with Gasteiger partial charge < -0.3 is 10.6 Å². The van der Waals surface area contributed by atoms with E-state index in [0.29, 0.717) is 11.6 Å². The summed E-state index contributed by atoms with van der Waals surface area (Å²) in [7, 11) is 0. The normalized spacial score (nSPS) is 23.6. The van der Waals surface area contributed by atoms with Crippen molar-refractivity contribution < 1.29 is 4.79 Å². The number of piperidine rings is 1. The van der Waals surface area contributed by atoms with Gasteiger partial charge in [-0.1, -0.05) is 0 Å². The molecular weight excluding hydrogens is 252 g/mol. The highest BCUT2D eigenvalue weighted by Crippen LogP contribution is 2.19. The quantitative estimate of drug-likeness (QED) is 0.867. The van der Waals surface area contributed by atoms with E-state index in [2.05, 4.69) is 43.4 Å². The molecule has 2 atom stereocenters. The van der Waals surface area contributed by atoms with Crippen LogP contribution in [0.5, 0.6) is 0 Å². The van der Waals surface area contributed by atoms with E-state index in [1.165, 1.54) is 0 Å². The minimum absolute atomic E-state index is 0.0152. The third-order valence-electron chi connectivity index (χ3n) is 3.97. The monoisotopic (exact) mass is 278 g/mol. The maximum Gasteiger partial charge on any atom is 0.255 e. The topological polar surface area (TPSA) is 59.0 Å². The maximum absolute atomic E-state index is 12.4. The van der Waals surface area contributed by atoms with Gasteiger partial charge in [0.05, 0.1) is 17.3 Å². The van der Waals surface area contributed by atoms with Gasteiger partial charge in [-0.05, 0) is 54.0 Å². The number of nitrogens with one attached hydrogen (secondary N) is 2.